The van der Waals surface area contributed by atoms with E-state index in [0.717, 1.165) is 30.4 Å². The van der Waals surface area contributed by atoms with E-state index in [4.69, 9.17) is 9.47 Å². The molecule has 1 amide bonds. The summed E-state index contributed by atoms with van der Waals surface area (Å²) >= 11 is 0. The summed E-state index contributed by atoms with van der Waals surface area (Å²) in [6.07, 6.45) is 6.34. The number of fused-ring (bicyclic) bond motifs is 1. The van der Waals surface area contributed by atoms with Crippen molar-refractivity contribution in [1.29, 1.82) is 5.26 Å². The number of nitrogens with one attached hydrogen (secondary N) is 2. The van der Waals surface area contributed by atoms with Crippen molar-refractivity contribution in [1.82, 2.24) is 20.1 Å². The van der Waals surface area contributed by atoms with Gasteiger partial charge in [-0.25, -0.2) is 4.98 Å². The van der Waals surface area contributed by atoms with Gasteiger partial charge in [-0.1, -0.05) is 24.3 Å². The number of hydrogen-bond acceptors (Lipinski definition) is 7. The zero-order valence-electron chi connectivity index (χ0n) is 20.6. The van der Waals surface area contributed by atoms with Crippen molar-refractivity contribution in [3.05, 3.63) is 78.5 Å². The molecule has 1 saturated carbocycles. The van der Waals surface area contributed by atoms with Gasteiger partial charge in [0, 0.05) is 31.4 Å². The molecular weight excluding hydrogens is 480 g/mol. The van der Waals surface area contributed by atoms with Crippen LogP contribution in [0.15, 0.2) is 78.5 Å². The molecule has 0 bridgehead atoms. The fourth-order valence-corrected chi connectivity index (χ4v) is 4.52. The van der Waals surface area contributed by atoms with Crippen LogP contribution in [0.3, 0.4) is 0 Å². The molecule has 1 atom stereocenters. The largest absolute Gasteiger partial charge is 0.457 e. The number of nitriles is 1. The van der Waals surface area contributed by atoms with Crippen LogP contribution < -0.4 is 14.8 Å². The van der Waals surface area contributed by atoms with Crippen LogP contribution in [0.25, 0.3) is 11.0 Å². The van der Waals surface area contributed by atoms with Crippen LogP contribution in [-0.4, -0.2) is 45.1 Å². The van der Waals surface area contributed by atoms with Gasteiger partial charge in [-0.05, 0) is 61.6 Å². The molecule has 9 heteroatoms. The highest BCUT2D eigenvalue weighted by Gasteiger charge is 2.30. The molecule has 3 heterocycles. The van der Waals surface area contributed by atoms with E-state index >= 15 is 0 Å². The standard InChI is InChI=1S/C29H26N6O3/c30-17-20(16-19-6-7-19)29(36)35-15-13-21(18-35)32-28-26-25(12-14-31-27(26)33-34-28)38-24-10-8-23(9-11-24)37-22-4-2-1-3-5-22/h1-5,8-12,14,16,19,21H,6-7,13,15,18H2,(H2,31,32,33,34)/b20-16-. The Kier molecular flexibility index (Phi) is 6.36. The number of carbonyl (C=O) groups is 1. The number of benzene rings is 2. The van der Waals surface area contributed by atoms with Gasteiger partial charge in [-0.2, -0.15) is 10.4 Å². The van der Waals surface area contributed by atoms with E-state index in [2.05, 4.69) is 26.6 Å². The van der Waals surface area contributed by atoms with Crippen LogP contribution in [0.5, 0.6) is 23.0 Å². The number of aromatic nitrogens is 3. The number of carbonyl (C=O) groups excluding carboxylic acids is 1. The van der Waals surface area contributed by atoms with Crippen molar-refractivity contribution >= 4 is 22.8 Å². The molecule has 4 aromatic rings. The first-order chi connectivity index (χ1) is 18.7. The van der Waals surface area contributed by atoms with Crippen molar-refractivity contribution in [2.75, 3.05) is 18.4 Å². The SMILES string of the molecule is N#C/C(=C/C1CC1)C(=O)N1CCC(Nc2n[nH]c3nccc(Oc4ccc(Oc5ccccc5)cc4)c23)C1. The van der Waals surface area contributed by atoms with E-state index in [-0.39, 0.29) is 17.5 Å². The lowest BCUT2D eigenvalue weighted by Crippen LogP contribution is -2.32. The maximum absolute atomic E-state index is 12.8. The molecule has 1 aliphatic carbocycles. The molecule has 1 unspecified atom stereocenters. The molecule has 2 aromatic carbocycles. The van der Waals surface area contributed by atoms with E-state index in [0.29, 0.717) is 47.7 Å². The third kappa shape index (κ3) is 5.15. The van der Waals surface area contributed by atoms with Crippen LogP contribution in [0.2, 0.25) is 0 Å². The number of para-hydroxylation sites is 1. The number of anilines is 1. The first-order valence-electron chi connectivity index (χ1n) is 12.7. The Labute approximate surface area is 219 Å². The first kappa shape index (κ1) is 23.6. The number of aromatic amines is 1. The summed E-state index contributed by atoms with van der Waals surface area (Å²) in [5, 5.41) is 21.0. The molecule has 1 aliphatic heterocycles. The fraction of sp³-hybridized carbons (Fsp3) is 0.241. The van der Waals surface area contributed by atoms with Gasteiger partial charge in [0.2, 0.25) is 0 Å². The van der Waals surface area contributed by atoms with E-state index in [1.165, 1.54) is 0 Å². The molecule has 38 heavy (non-hydrogen) atoms. The molecule has 1 saturated heterocycles. The topological polar surface area (TPSA) is 116 Å². The second-order valence-corrected chi connectivity index (χ2v) is 9.50. The van der Waals surface area contributed by atoms with Gasteiger partial charge in [0.05, 0.1) is 0 Å². The highest BCUT2D eigenvalue weighted by atomic mass is 16.5. The molecule has 2 aliphatic rings. The molecule has 2 aromatic heterocycles. The molecule has 9 nitrogen and oxygen atoms in total. The first-order valence-corrected chi connectivity index (χ1v) is 12.7. The van der Waals surface area contributed by atoms with Gasteiger partial charge in [0.25, 0.3) is 5.91 Å². The number of rotatable bonds is 8. The summed E-state index contributed by atoms with van der Waals surface area (Å²) in [7, 11) is 0. The van der Waals surface area contributed by atoms with E-state index < -0.39 is 0 Å². The predicted octanol–water partition coefficient (Wildman–Crippen LogP) is 5.42. The number of hydrogen-bond donors (Lipinski definition) is 2. The number of likely N-dealkylation sites (tertiary alicyclic amines) is 1. The zero-order chi connectivity index (χ0) is 25.9. The lowest BCUT2D eigenvalue weighted by atomic mass is 10.2. The molecule has 0 spiro atoms. The molecule has 0 radical (unpaired) electrons. The van der Waals surface area contributed by atoms with Crippen molar-refractivity contribution in [2.24, 2.45) is 5.92 Å². The average molecular weight is 507 g/mol. The number of nitrogens with zero attached hydrogens (tertiary/aromatic N) is 4. The number of H-pyrrole nitrogens is 1. The number of amides is 1. The maximum Gasteiger partial charge on any atom is 0.264 e. The maximum atomic E-state index is 12.8. The van der Waals surface area contributed by atoms with Crippen LogP contribution in [0, 0.1) is 17.2 Å². The third-order valence-corrected chi connectivity index (χ3v) is 6.65. The predicted molar refractivity (Wildman–Crippen MR) is 142 cm³/mol. The molecule has 2 fully saturated rings. The molecular formula is C29H26N6O3. The van der Waals surface area contributed by atoms with Gasteiger partial charge in [-0.3, -0.25) is 9.89 Å². The number of pyridine rings is 1. The van der Waals surface area contributed by atoms with Gasteiger partial charge in [0.15, 0.2) is 11.5 Å². The third-order valence-electron chi connectivity index (χ3n) is 6.65. The quantitative estimate of drug-likeness (QED) is 0.242. The van der Waals surface area contributed by atoms with Crippen molar-refractivity contribution < 1.29 is 14.3 Å². The normalized spacial score (nSPS) is 17.3. The van der Waals surface area contributed by atoms with Gasteiger partial charge < -0.3 is 19.7 Å². The fourth-order valence-electron chi connectivity index (χ4n) is 4.52. The smallest absolute Gasteiger partial charge is 0.264 e. The highest BCUT2D eigenvalue weighted by molar-refractivity contribution is 5.97. The van der Waals surface area contributed by atoms with Crippen LogP contribution in [-0.2, 0) is 4.79 Å². The Hall–Kier alpha value is -4.84. The molecule has 2 N–H and O–H groups in total. The van der Waals surface area contributed by atoms with Gasteiger partial charge >= 0.3 is 0 Å². The lowest BCUT2D eigenvalue weighted by molar-refractivity contribution is -0.125. The minimum absolute atomic E-state index is 0.00575. The minimum Gasteiger partial charge on any atom is -0.457 e. The highest BCUT2D eigenvalue weighted by Crippen LogP contribution is 2.35. The van der Waals surface area contributed by atoms with Crippen molar-refractivity contribution in [3.63, 3.8) is 0 Å². The zero-order valence-corrected chi connectivity index (χ0v) is 20.6. The van der Waals surface area contributed by atoms with Gasteiger partial charge in [-0.15, -0.1) is 0 Å². The monoisotopic (exact) mass is 506 g/mol. The summed E-state index contributed by atoms with van der Waals surface area (Å²) in [5.74, 6) is 3.52. The Morgan fingerprint density at radius 2 is 1.76 bits per heavy atom. The molecule has 190 valence electrons. The van der Waals surface area contributed by atoms with Crippen molar-refractivity contribution in [3.8, 4) is 29.1 Å². The van der Waals surface area contributed by atoms with E-state index in [9.17, 15) is 10.1 Å². The van der Waals surface area contributed by atoms with Crippen LogP contribution >= 0.6 is 0 Å². The summed E-state index contributed by atoms with van der Waals surface area (Å²) in [5.41, 5.74) is 0.845. The van der Waals surface area contributed by atoms with Crippen LogP contribution in [0.1, 0.15) is 19.3 Å². The van der Waals surface area contributed by atoms with Crippen LogP contribution in [0.4, 0.5) is 5.82 Å². The number of ether oxygens (including phenoxy) is 2. The summed E-state index contributed by atoms with van der Waals surface area (Å²) in [4.78, 5) is 18.9. The Bertz CT molecular complexity index is 1520. The summed E-state index contributed by atoms with van der Waals surface area (Å²) in [6.45, 7) is 1.08. The summed E-state index contributed by atoms with van der Waals surface area (Å²) in [6, 6.07) is 20.9. The summed E-state index contributed by atoms with van der Waals surface area (Å²) < 4.78 is 12.1. The Morgan fingerprint density at radius 3 is 2.50 bits per heavy atom. The average Bonchev–Trinajstić information content (AvgIpc) is 3.49. The Morgan fingerprint density at radius 1 is 1.03 bits per heavy atom. The van der Waals surface area contributed by atoms with Gasteiger partial charge in [0.1, 0.15) is 40.0 Å². The van der Waals surface area contributed by atoms with E-state index in [1.54, 1.807) is 17.2 Å². The second kappa shape index (κ2) is 10.3. The van der Waals surface area contributed by atoms with E-state index in [1.807, 2.05) is 60.7 Å². The second-order valence-electron chi connectivity index (χ2n) is 9.50. The number of allylic oxidation sites excluding steroid dienone is 1. The van der Waals surface area contributed by atoms with Crippen molar-refractivity contribution in [2.45, 2.75) is 25.3 Å². The molecule has 6 rings (SSSR count). The minimum atomic E-state index is -0.194. The lowest BCUT2D eigenvalue weighted by Gasteiger charge is -2.17. The Balaban J connectivity index is 1.15.